The first kappa shape index (κ1) is 30.1. The molecule has 2 aromatic rings. The van der Waals surface area contributed by atoms with E-state index >= 15 is 0 Å². The Morgan fingerprint density at radius 1 is 1.11 bits per heavy atom. The number of fused-ring (bicyclic) bond motifs is 1. The predicted molar refractivity (Wildman–Crippen MR) is 145 cm³/mol. The lowest BCUT2D eigenvalue weighted by molar-refractivity contribution is -0.128. The molecule has 2 rings (SSSR count). The van der Waals surface area contributed by atoms with Crippen molar-refractivity contribution >= 4 is 40.5 Å². The molecule has 0 bridgehead atoms. The van der Waals surface area contributed by atoms with E-state index in [2.05, 4.69) is 21.3 Å². The summed E-state index contributed by atoms with van der Waals surface area (Å²) >= 11 is 0. The highest BCUT2D eigenvalue weighted by molar-refractivity contribution is 5.99. The van der Waals surface area contributed by atoms with Crippen molar-refractivity contribution in [1.82, 2.24) is 16.0 Å². The number of anilines is 1. The maximum Gasteiger partial charge on any atom is 0.408 e. The monoisotopic (exact) mass is 530 g/mol. The molecule has 12 heteroatoms. The Labute approximate surface area is 221 Å². The second kappa shape index (κ2) is 12.9. The highest BCUT2D eigenvalue weighted by atomic mass is 16.6. The van der Waals surface area contributed by atoms with Crippen LogP contribution in [0.4, 0.5) is 10.5 Å². The Morgan fingerprint density at radius 2 is 1.79 bits per heavy atom. The van der Waals surface area contributed by atoms with Crippen LogP contribution < -0.4 is 32.6 Å². The molecule has 0 fully saturated rings. The normalized spacial score (nSPS) is 12.9. The van der Waals surface area contributed by atoms with Crippen molar-refractivity contribution in [3.63, 3.8) is 0 Å². The van der Waals surface area contributed by atoms with Crippen molar-refractivity contribution in [2.75, 3.05) is 11.9 Å². The molecule has 208 valence electrons. The van der Waals surface area contributed by atoms with Crippen LogP contribution in [0, 0.1) is 18.3 Å². The van der Waals surface area contributed by atoms with Crippen LogP contribution in [0.15, 0.2) is 33.5 Å². The number of guanidine groups is 1. The van der Waals surface area contributed by atoms with Crippen molar-refractivity contribution < 1.29 is 23.5 Å². The summed E-state index contributed by atoms with van der Waals surface area (Å²) < 4.78 is 10.5. The van der Waals surface area contributed by atoms with Gasteiger partial charge in [-0.2, -0.15) is 0 Å². The molecule has 1 aromatic carbocycles. The number of amides is 3. The molecule has 38 heavy (non-hydrogen) atoms. The molecule has 7 N–H and O–H groups in total. The van der Waals surface area contributed by atoms with Gasteiger partial charge in [0.15, 0.2) is 5.96 Å². The summed E-state index contributed by atoms with van der Waals surface area (Å²) in [5.74, 6) is -1.55. The Hall–Kier alpha value is -4.09. The second-order valence-corrected chi connectivity index (χ2v) is 10.4. The number of benzene rings is 1. The van der Waals surface area contributed by atoms with Crippen molar-refractivity contribution in [1.29, 1.82) is 5.41 Å². The van der Waals surface area contributed by atoms with Crippen LogP contribution in [-0.4, -0.2) is 48.1 Å². The number of hydrogen-bond donors (Lipinski definition) is 6. The fraction of sp³-hybridized carbons (Fsp3) is 0.500. The Balaban J connectivity index is 2.21. The molecule has 1 heterocycles. The summed E-state index contributed by atoms with van der Waals surface area (Å²) in [6.45, 7) is 10.8. The maximum absolute atomic E-state index is 13.2. The zero-order valence-corrected chi connectivity index (χ0v) is 22.7. The molecule has 0 unspecified atom stereocenters. The van der Waals surface area contributed by atoms with E-state index in [1.165, 1.54) is 6.07 Å². The quantitative estimate of drug-likeness (QED) is 0.117. The van der Waals surface area contributed by atoms with Gasteiger partial charge < -0.3 is 36.2 Å². The standard InChI is InChI=1S/C26H38N6O6/c1-14(2)21(32-25(36)38-26(4,5)6)23(35)31-18(8-7-11-29-24(27)28)22(34)30-16-9-10-17-15(3)12-20(33)37-19(17)13-16/h9-10,12-14,18,21H,7-8,11H2,1-6H3,(H,30,34)(H,31,35)(H,32,36)(H4,27,28,29)/t18-,21-/m0/s1. The number of hydrogen-bond acceptors (Lipinski definition) is 7. The van der Waals surface area contributed by atoms with E-state index in [0.717, 1.165) is 10.9 Å². The first-order valence-corrected chi connectivity index (χ1v) is 12.4. The summed E-state index contributed by atoms with van der Waals surface area (Å²) in [5, 5.41) is 18.7. The largest absolute Gasteiger partial charge is 0.444 e. The number of rotatable bonds is 10. The van der Waals surface area contributed by atoms with Gasteiger partial charge in [0.1, 0.15) is 23.3 Å². The van der Waals surface area contributed by atoms with Gasteiger partial charge in [-0.25, -0.2) is 9.59 Å². The minimum atomic E-state index is -0.974. The molecule has 0 spiro atoms. The molecule has 0 saturated carbocycles. The summed E-state index contributed by atoms with van der Waals surface area (Å²) in [5.41, 5.74) is 5.52. The van der Waals surface area contributed by atoms with Gasteiger partial charge in [-0.3, -0.25) is 15.0 Å². The minimum Gasteiger partial charge on any atom is -0.444 e. The SMILES string of the molecule is Cc1cc(=O)oc2cc(NC(=O)[C@H](CCCNC(=N)N)NC(=O)[C@@H](NC(=O)OC(C)(C)C)C(C)C)ccc12. The predicted octanol–water partition coefficient (Wildman–Crippen LogP) is 2.34. The third-order valence-corrected chi connectivity index (χ3v) is 5.46. The van der Waals surface area contributed by atoms with E-state index in [1.54, 1.807) is 59.7 Å². The van der Waals surface area contributed by atoms with Gasteiger partial charge in [-0.15, -0.1) is 0 Å². The zero-order chi connectivity index (χ0) is 28.6. The highest BCUT2D eigenvalue weighted by Gasteiger charge is 2.30. The molecular weight excluding hydrogens is 492 g/mol. The number of nitrogens with one attached hydrogen (secondary N) is 5. The summed E-state index contributed by atoms with van der Waals surface area (Å²) in [6, 6.07) is 4.40. The average Bonchev–Trinajstić information content (AvgIpc) is 2.77. The minimum absolute atomic E-state index is 0.204. The van der Waals surface area contributed by atoms with Crippen molar-refractivity contribution in [2.45, 2.75) is 72.1 Å². The molecular formula is C26H38N6O6. The van der Waals surface area contributed by atoms with Gasteiger partial charge in [0.2, 0.25) is 11.8 Å². The number of aryl methyl sites for hydroxylation is 1. The smallest absolute Gasteiger partial charge is 0.408 e. The van der Waals surface area contributed by atoms with Gasteiger partial charge in [0.25, 0.3) is 0 Å². The molecule has 12 nitrogen and oxygen atoms in total. The number of alkyl carbamates (subject to hydrolysis) is 1. The summed E-state index contributed by atoms with van der Waals surface area (Å²) in [4.78, 5) is 50.5. The van der Waals surface area contributed by atoms with Gasteiger partial charge in [-0.05, 0) is 64.2 Å². The number of carbonyl (C=O) groups excluding carboxylic acids is 3. The van der Waals surface area contributed by atoms with E-state index in [4.69, 9.17) is 20.3 Å². The van der Waals surface area contributed by atoms with Crippen LogP contribution in [0.3, 0.4) is 0 Å². The lowest BCUT2D eigenvalue weighted by Gasteiger charge is -2.27. The zero-order valence-electron chi connectivity index (χ0n) is 22.7. The maximum atomic E-state index is 13.2. The van der Waals surface area contributed by atoms with E-state index < -0.39 is 41.2 Å². The fourth-order valence-electron chi connectivity index (χ4n) is 3.66. The van der Waals surface area contributed by atoms with Crippen molar-refractivity contribution in [2.24, 2.45) is 11.7 Å². The third kappa shape index (κ3) is 9.41. The van der Waals surface area contributed by atoms with Crippen LogP contribution in [0.1, 0.15) is 53.0 Å². The van der Waals surface area contributed by atoms with E-state index in [0.29, 0.717) is 24.2 Å². The van der Waals surface area contributed by atoms with E-state index in [1.807, 2.05) is 0 Å². The van der Waals surface area contributed by atoms with Gasteiger partial charge >= 0.3 is 11.7 Å². The van der Waals surface area contributed by atoms with Crippen LogP contribution in [0.2, 0.25) is 0 Å². The Morgan fingerprint density at radius 3 is 2.39 bits per heavy atom. The fourth-order valence-corrected chi connectivity index (χ4v) is 3.66. The van der Waals surface area contributed by atoms with Crippen LogP contribution in [0.25, 0.3) is 11.0 Å². The highest BCUT2D eigenvalue weighted by Crippen LogP contribution is 2.21. The van der Waals surface area contributed by atoms with Crippen LogP contribution >= 0.6 is 0 Å². The summed E-state index contributed by atoms with van der Waals surface area (Å²) in [7, 11) is 0. The van der Waals surface area contributed by atoms with Gasteiger partial charge in [-0.1, -0.05) is 13.8 Å². The van der Waals surface area contributed by atoms with Gasteiger partial charge in [0, 0.05) is 29.8 Å². The van der Waals surface area contributed by atoms with Crippen LogP contribution in [-0.2, 0) is 14.3 Å². The van der Waals surface area contributed by atoms with Gasteiger partial charge in [0.05, 0.1) is 0 Å². The topological polar surface area (TPSA) is 189 Å². The molecule has 0 aliphatic heterocycles. The number of carbonyl (C=O) groups is 3. The Bertz CT molecular complexity index is 1230. The lowest BCUT2D eigenvalue weighted by Crippen LogP contribution is -2.55. The second-order valence-electron chi connectivity index (χ2n) is 10.4. The van der Waals surface area contributed by atoms with Crippen LogP contribution in [0.5, 0.6) is 0 Å². The molecule has 0 aliphatic carbocycles. The molecule has 0 aliphatic rings. The van der Waals surface area contributed by atoms with Crippen molar-refractivity contribution in [3.8, 4) is 0 Å². The molecule has 3 amide bonds. The first-order valence-electron chi connectivity index (χ1n) is 12.4. The molecule has 0 saturated heterocycles. The Kier molecular flexibility index (Phi) is 10.3. The van der Waals surface area contributed by atoms with Crippen molar-refractivity contribution in [3.05, 3.63) is 40.2 Å². The number of ether oxygens (including phenoxy) is 1. The van der Waals surface area contributed by atoms with E-state index in [-0.39, 0.29) is 18.3 Å². The first-order chi connectivity index (χ1) is 17.7. The lowest BCUT2D eigenvalue weighted by atomic mass is 10.0. The molecule has 2 atom stereocenters. The summed E-state index contributed by atoms with van der Waals surface area (Å²) in [6.07, 6.45) is -0.113. The third-order valence-electron chi connectivity index (χ3n) is 5.46. The average molecular weight is 531 g/mol. The van der Waals surface area contributed by atoms with E-state index in [9.17, 15) is 19.2 Å². The molecule has 1 aromatic heterocycles. The molecule has 0 radical (unpaired) electrons. The number of nitrogens with two attached hydrogens (primary N) is 1.